The van der Waals surface area contributed by atoms with Crippen LogP contribution in [0.25, 0.3) is 22.1 Å². The van der Waals surface area contributed by atoms with Gasteiger partial charge in [-0.1, -0.05) is 18.2 Å². The van der Waals surface area contributed by atoms with Crippen LogP contribution < -0.4 is 5.43 Å². The smallest absolute Gasteiger partial charge is 0.200 e. The van der Waals surface area contributed by atoms with Gasteiger partial charge in [-0.05, 0) is 42.7 Å². The molecule has 0 saturated heterocycles. The van der Waals surface area contributed by atoms with Crippen LogP contribution in [0.2, 0.25) is 0 Å². The second kappa shape index (κ2) is 4.53. The molecule has 3 aromatic rings. The summed E-state index contributed by atoms with van der Waals surface area (Å²) in [7, 11) is 0. The molecule has 100 valence electrons. The average Bonchev–Trinajstić information content (AvgIpc) is 2.42. The van der Waals surface area contributed by atoms with Crippen LogP contribution in [-0.4, -0.2) is 5.11 Å². The number of fused-ring (bicyclic) bond motifs is 1. The van der Waals surface area contributed by atoms with Crippen molar-refractivity contribution in [1.82, 2.24) is 0 Å². The molecule has 0 bridgehead atoms. The van der Waals surface area contributed by atoms with Gasteiger partial charge in [-0.2, -0.15) is 0 Å². The Hall–Kier alpha value is -2.55. The van der Waals surface area contributed by atoms with E-state index in [9.17, 15) is 9.90 Å². The van der Waals surface area contributed by atoms with Gasteiger partial charge in [-0.25, -0.2) is 0 Å². The number of hydrogen-bond acceptors (Lipinski definition) is 3. The molecule has 0 saturated carbocycles. The number of aromatic hydroxyl groups is 1. The molecule has 2 aromatic carbocycles. The Morgan fingerprint density at radius 2 is 1.80 bits per heavy atom. The lowest BCUT2D eigenvalue weighted by atomic mass is 10.0. The van der Waals surface area contributed by atoms with Gasteiger partial charge in [0.2, 0.25) is 0 Å². The standard InChI is InChI=1S/C17H14O3/c1-10-3-4-12(7-11(10)2)15-9-20-16-8-13(18)5-6-14(16)17(15)19/h3-9,18H,1-2H3. The highest BCUT2D eigenvalue weighted by molar-refractivity contribution is 5.82. The number of aryl methyl sites for hydroxylation is 2. The molecule has 0 fully saturated rings. The third-order valence-corrected chi connectivity index (χ3v) is 3.58. The molecule has 20 heavy (non-hydrogen) atoms. The van der Waals surface area contributed by atoms with Gasteiger partial charge >= 0.3 is 0 Å². The van der Waals surface area contributed by atoms with Gasteiger partial charge in [0.1, 0.15) is 17.6 Å². The summed E-state index contributed by atoms with van der Waals surface area (Å²) in [6.07, 6.45) is 1.45. The van der Waals surface area contributed by atoms with E-state index in [-0.39, 0.29) is 11.2 Å². The highest BCUT2D eigenvalue weighted by atomic mass is 16.3. The van der Waals surface area contributed by atoms with E-state index >= 15 is 0 Å². The third kappa shape index (κ3) is 1.97. The Morgan fingerprint density at radius 1 is 1.00 bits per heavy atom. The van der Waals surface area contributed by atoms with Crippen molar-refractivity contribution in [3.63, 3.8) is 0 Å². The summed E-state index contributed by atoms with van der Waals surface area (Å²) in [4.78, 5) is 12.5. The summed E-state index contributed by atoms with van der Waals surface area (Å²) in [6.45, 7) is 4.05. The highest BCUT2D eigenvalue weighted by Gasteiger charge is 2.10. The predicted molar refractivity (Wildman–Crippen MR) is 79.1 cm³/mol. The highest BCUT2D eigenvalue weighted by Crippen LogP contribution is 2.23. The second-order valence-corrected chi connectivity index (χ2v) is 4.96. The van der Waals surface area contributed by atoms with Crippen molar-refractivity contribution < 1.29 is 9.52 Å². The zero-order valence-electron chi connectivity index (χ0n) is 11.3. The Labute approximate surface area is 116 Å². The summed E-state index contributed by atoms with van der Waals surface area (Å²) in [5, 5.41) is 9.88. The first kappa shape index (κ1) is 12.5. The number of phenolic OH excluding ortho intramolecular Hbond substituents is 1. The predicted octanol–water partition coefficient (Wildman–Crippen LogP) is 3.78. The Balaban J connectivity index is 2.27. The van der Waals surface area contributed by atoms with Gasteiger partial charge < -0.3 is 9.52 Å². The largest absolute Gasteiger partial charge is 0.508 e. The zero-order valence-corrected chi connectivity index (χ0v) is 11.3. The fourth-order valence-electron chi connectivity index (χ4n) is 2.23. The molecule has 0 aliphatic heterocycles. The van der Waals surface area contributed by atoms with Crippen LogP contribution in [0, 0.1) is 13.8 Å². The SMILES string of the molecule is Cc1ccc(-c2coc3cc(O)ccc3c2=O)cc1C. The van der Waals surface area contributed by atoms with E-state index in [0.717, 1.165) is 11.1 Å². The van der Waals surface area contributed by atoms with Gasteiger partial charge in [0.05, 0.1) is 10.9 Å². The molecule has 0 aliphatic carbocycles. The maximum Gasteiger partial charge on any atom is 0.200 e. The van der Waals surface area contributed by atoms with Gasteiger partial charge in [-0.3, -0.25) is 4.79 Å². The van der Waals surface area contributed by atoms with Crippen LogP contribution in [0.4, 0.5) is 0 Å². The molecular formula is C17H14O3. The molecule has 0 unspecified atom stereocenters. The number of hydrogen-bond donors (Lipinski definition) is 1. The summed E-state index contributed by atoms with van der Waals surface area (Å²) in [6, 6.07) is 10.4. The number of rotatable bonds is 1. The van der Waals surface area contributed by atoms with E-state index in [2.05, 4.69) is 0 Å². The maximum absolute atomic E-state index is 12.5. The van der Waals surface area contributed by atoms with Crippen molar-refractivity contribution in [2.45, 2.75) is 13.8 Å². The van der Waals surface area contributed by atoms with Crippen molar-refractivity contribution in [2.24, 2.45) is 0 Å². The first-order valence-corrected chi connectivity index (χ1v) is 6.38. The molecule has 0 aliphatic rings. The molecule has 1 aromatic heterocycles. The van der Waals surface area contributed by atoms with Crippen LogP contribution in [0.1, 0.15) is 11.1 Å². The van der Waals surface area contributed by atoms with Crippen LogP contribution in [-0.2, 0) is 0 Å². The third-order valence-electron chi connectivity index (χ3n) is 3.58. The lowest BCUT2D eigenvalue weighted by Crippen LogP contribution is -2.04. The van der Waals surface area contributed by atoms with E-state index in [1.165, 1.54) is 24.0 Å². The monoisotopic (exact) mass is 266 g/mol. The quantitative estimate of drug-likeness (QED) is 0.729. The Morgan fingerprint density at radius 3 is 2.55 bits per heavy atom. The maximum atomic E-state index is 12.5. The van der Waals surface area contributed by atoms with Crippen molar-refractivity contribution in [1.29, 1.82) is 0 Å². The normalized spacial score (nSPS) is 10.9. The minimum Gasteiger partial charge on any atom is -0.508 e. The van der Waals surface area contributed by atoms with Crippen LogP contribution in [0.3, 0.4) is 0 Å². The van der Waals surface area contributed by atoms with E-state index in [1.807, 2.05) is 32.0 Å². The summed E-state index contributed by atoms with van der Waals surface area (Å²) >= 11 is 0. The zero-order chi connectivity index (χ0) is 14.3. The fraction of sp³-hybridized carbons (Fsp3) is 0.118. The van der Waals surface area contributed by atoms with Crippen molar-refractivity contribution in [3.8, 4) is 16.9 Å². The van der Waals surface area contributed by atoms with E-state index in [4.69, 9.17) is 4.42 Å². The van der Waals surface area contributed by atoms with Crippen molar-refractivity contribution in [2.75, 3.05) is 0 Å². The molecule has 1 heterocycles. The van der Waals surface area contributed by atoms with Gasteiger partial charge in [0, 0.05) is 6.07 Å². The van der Waals surface area contributed by atoms with E-state index < -0.39 is 0 Å². The van der Waals surface area contributed by atoms with E-state index in [1.54, 1.807) is 6.07 Å². The van der Waals surface area contributed by atoms with E-state index in [0.29, 0.717) is 16.5 Å². The Bertz CT molecular complexity index is 860. The molecule has 3 heteroatoms. The van der Waals surface area contributed by atoms with Gasteiger partial charge in [0.15, 0.2) is 5.43 Å². The molecule has 3 nitrogen and oxygen atoms in total. The topological polar surface area (TPSA) is 50.4 Å². The van der Waals surface area contributed by atoms with Crippen LogP contribution in [0.15, 0.2) is 51.9 Å². The molecule has 3 rings (SSSR count). The Kier molecular flexibility index (Phi) is 2.83. The lowest BCUT2D eigenvalue weighted by molar-refractivity contribution is 0.474. The first-order chi connectivity index (χ1) is 9.56. The van der Waals surface area contributed by atoms with Crippen molar-refractivity contribution >= 4 is 11.0 Å². The molecule has 1 N–H and O–H groups in total. The summed E-state index contributed by atoms with van der Waals surface area (Å²) in [5.41, 5.74) is 4.00. The summed E-state index contributed by atoms with van der Waals surface area (Å²) < 4.78 is 5.47. The average molecular weight is 266 g/mol. The number of phenols is 1. The minimum atomic E-state index is -0.0884. The summed E-state index contributed by atoms with van der Waals surface area (Å²) in [5.74, 6) is 0.0829. The molecule has 0 radical (unpaired) electrons. The molecule has 0 spiro atoms. The first-order valence-electron chi connectivity index (χ1n) is 6.38. The van der Waals surface area contributed by atoms with Gasteiger partial charge in [0.25, 0.3) is 0 Å². The molecular weight excluding hydrogens is 252 g/mol. The van der Waals surface area contributed by atoms with Crippen LogP contribution in [0.5, 0.6) is 5.75 Å². The molecule has 0 amide bonds. The molecule has 0 atom stereocenters. The number of benzene rings is 2. The van der Waals surface area contributed by atoms with Crippen LogP contribution >= 0.6 is 0 Å². The fourth-order valence-corrected chi connectivity index (χ4v) is 2.23. The minimum absolute atomic E-state index is 0.0829. The van der Waals surface area contributed by atoms with Crippen molar-refractivity contribution in [3.05, 3.63) is 64.0 Å². The lowest BCUT2D eigenvalue weighted by Gasteiger charge is -2.06. The second-order valence-electron chi connectivity index (χ2n) is 4.96. The van der Waals surface area contributed by atoms with Gasteiger partial charge in [-0.15, -0.1) is 0 Å².